The molecule has 1 aromatic carbocycles. The van der Waals surface area contributed by atoms with Gasteiger partial charge in [0.1, 0.15) is 41.6 Å². The lowest BCUT2D eigenvalue weighted by atomic mass is 9.87. The van der Waals surface area contributed by atoms with Crippen LogP contribution in [0.4, 0.5) is 0 Å². The summed E-state index contributed by atoms with van der Waals surface area (Å²) in [5, 5.41) is 0. The third-order valence-electron chi connectivity index (χ3n) is 4.82. The first-order valence-electron chi connectivity index (χ1n) is 10.1. The van der Waals surface area contributed by atoms with E-state index < -0.39 is 29.0 Å². The van der Waals surface area contributed by atoms with Gasteiger partial charge in [-0.25, -0.2) is 0 Å². The molecular formula is C23H30N2O8. The molecule has 0 bridgehead atoms. The highest BCUT2D eigenvalue weighted by Gasteiger charge is 2.42. The van der Waals surface area contributed by atoms with Crippen LogP contribution in [0.5, 0.6) is 11.5 Å². The number of hydrogen-bond donors (Lipinski definition) is 0. The second kappa shape index (κ2) is 10.0. The van der Waals surface area contributed by atoms with Crippen LogP contribution in [0.3, 0.4) is 0 Å². The number of ketones is 2. The Hall–Kier alpha value is -3.40. The molecule has 0 unspecified atom stereocenters. The van der Waals surface area contributed by atoms with Crippen LogP contribution in [0.2, 0.25) is 0 Å². The number of likely N-dealkylation sites (N-methyl/N-ethyl adjacent to an activating group) is 2. The van der Waals surface area contributed by atoms with Crippen LogP contribution in [0, 0.1) is 0 Å². The van der Waals surface area contributed by atoms with Gasteiger partial charge in [0.05, 0.1) is 25.3 Å². The van der Waals surface area contributed by atoms with Crippen LogP contribution >= 0.6 is 0 Å². The summed E-state index contributed by atoms with van der Waals surface area (Å²) in [5.41, 5.74) is -1.12. The Morgan fingerprint density at radius 3 is 1.79 bits per heavy atom. The zero-order valence-corrected chi connectivity index (χ0v) is 20.2. The van der Waals surface area contributed by atoms with Crippen LogP contribution in [-0.4, -0.2) is 87.4 Å². The first-order chi connectivity index (χ1) is 15.4. The summed E-state index contributed by atoms with van der Waals surface area (Å²) in [5.74, 6) is -2.06. The van der Waals surface area contributed by atoms with Crippen LogP contribution in [-0.2, 0) is 19.1 Å². The second-order valence-corrected chi connectivity index (χ2v) is 8.40. The number of nitrogens with zero attached hydrogens (tertiary/aromatic N) is 2. The molecule has 0 heterocycles. The number of allylic oxidation sites excluding steroid dienone is 2. The minimum Gasteiger partial charge on any atom is -0.496 e. The van der Waals surface area contributed by atoms with E-state index in [1.54, 1.807) is 20.8 Å². The smallest absolute Gasteiger partial charge is 0.326 e. The maximum absolute atomic E-state index is 13.7. The number of benzene rings is 1. The Morgan fingerprint density at radius 1 is 0.879 bits per heavy atom. The Balaban J connectivity index is 2.71. The number of esters is 1. The largest absolute Gasteiger partial charge is 0.496 e. The van der Waals surface area contributed by atoms with Gasteiger partial charge in [0, 0.05) is 21.2 Å². The topological polar surface area (TPSA) is 112 Å². The van der Waals surface area contributed by atoms with Crippen molar-refractivity contribution in [3.63, 3.8) is 0 Å². The van der Waals surface area contributed by atoms with Crippen molar-refractivity contribution in [2.45, 2.75) is 26.4 Å². The van der Waals surface area contributed by atoms with Crippen molar-refractivity contribution >= 4 is 23.4 Å². The lowest BCUT2D eigenvalue weighted by Gasteiger charge is -2.33. The molecule has 0 radical (unpaired) electrons. The number of methoxy groups -OCH3 is 3. The fraction of sp³-hybridized carbons (Fsp3) is 0.478. The van der Waals surface area contributed by atoms with Crippen molar-refractivity contribution in [1.29, 1.82) is 0 Å². The highest BCUT2D eigenvalue weighted by atomic mass is 16.6. The molecule has 10 nitrogen and oxygen atoms in total. The van der Waals surface area contributed by atoms with Gasteiger partial charge in [0.15, 0.2) is 0 Å². The molecule has 0 fully saturated rings. The molecule has 0 N–H and O–H groups in total. The van der Waals surface area contributed by atoms with E-state index in [1.807, 2.05) is 0 Å². The van der Waals surface area contributed by atoms with Crippen LogP contribution < -0.4 is 9.47 Å². The molecular weight excluding hydrogens is 432 g/mol. The zero-order chi connectivity index (χ0) is 25.1. The molecule has 1 aromatic rings. The molecule has 0 saturated carbocycles. The van der Waals surface area contributed by atoms with Gasteiger partial charge in [-0.05, 0) is 32.9 Å². The number of Topliss-reactive ketones (excluding diaryl/α,β-unsaturated/α-hetero) is 2. The average molecular weight is 462 g/mol. The summed E-state index contributed by atoms with van der Waals surface area (Å²) in [6.07, 6.45) is 0. The van der Waals surface area contributed by atoms with Crippen molar-refractivity contribution in [3.8, 4) is 11.5 Å². The van der Waals surface area contributed by atoms with E-state index in [-0.39, 0.29) is 47.2 Å². The average Bonchev–Trinajstić information content (AvgIpc) is 2.72. The van der Waals surface area contributed by atoms with Gasteiger partial charge in [0.2, 0.25) is 11.6 Å². The van der Waals surface area contributed by atoms with Crippen LogP contribution in [0.25, 0.3) is 0 Å². The standard InChI is InChI=1S/C23H30N2O8/c1-23(2,3)33-16(27)11-24(4)19-20(25(5)15(26)12-30-6)22(29)18-14(32-8)10-9-13(31-7)17(18)21(19)28/h9-10H,11-12H2,1-8H3. The molecule has 1 aliphatic rings. The lowest BCUT2D eigenvalue weighted by molar-refractivity contribution is -0.155. The number of carbonyl (C=O) groups excluding carboxylic acids is 4. The molecule has 0 spiro atoms. The molecule has 33 heavy (non-hydrogen) atoms. The third-order valence-corrected chi connectivity index (χ3v) is 4.82. The predicted octanol–water partition coefficient (Wildman–Crippen LogP) is 1.67. The number of amides is 1. The van der Waals surface area contributed by atoms with Crippen molar-refractivity contribution in [3.05, 3.63) is 34.7 Å². The summed E-state index contributed by atoms with van der Waals surface area (Å²) >= 11 is 0. The fourth-order valence-corrected chi connectivity index (χ4v) is 3.46. The van der Waals surface area contributed by atoms with Gasteiger partial charge in [-0.2, -0.15) is 0 Å². The Kier molecular flexibility index (Phi) is 7.86. The Bertz CT molecular complexity index is 1010. The SMILES string of the molecule is COCC(=O)N(C)C1=C(N(C)CC(=O)OC(C)(C)C)C(=O)c2c(OC)ccc(OC)c2C1=O. The molecule has 10 heteroatoms. The van der Waals surface area contributed by atoms with Crippen molar-refractivity contribution in [1.82, 2.24) is 9.80 Å². The van der Waals surface area contributed by atoms with E-state index in [0.29, 0.717) is 0 Å². The highest BCUT2D eigenvalue weighted by molar-refractivity contribution is 6.29. The Morgan fingerprint density at radius 2 is 1.36 bits per heavy atom. The van der Waals surface area contributed by atoms with Gasteiger partial charge >= 0.3 is 5.97 Å². The van der Waals surface area contributed by atoms with Crippen LogP contribution in [0.1, 0.15) is 41.5 Å². The minimum absolute atomic E-state index is 0.00997. The fourth-order valence-electron chi connectivity index (χ4n) is 3.46. The molecule has 2 rings (SSSR count). The van der Waals surface area contributed by atoms with Crippen LogP contribution in [0.15, 0.2) is 23.5 Å². The monoisotopic (exact) mass is 462 g/mol. The summed E-state index contributed by atoms with van der Waals surface area (Å²) in [4.78, 5) is 54.8. The van der Waals surface area contributed by atoms with Crippen molar-refractivity contribution in [2.75, 3.05) is 48.6 Å². The maximum atomic E-state index is 13.7. The van der Waals surface area contributed by atoms with Gasteiger partial charge in [0.25, 0.3) is 5.91 Å². The van der Waals surface area contributed by atoms with Gasteiger partial charge in [-0.15, -0.1) is 0 Å². The summed E-state index contributed by atoms with van der Waals surface area (Å²) in [6.45, 7) is 4.51. The van der Waals surface area contributed by atoms with Crippen molar-refractivity contribution in [2.24, 2.45) is 0 Å². The van der Waals surface area contributed by atoms with E-state index >= 15 is 0 Å². The number of carbonyl (C=O) groups is 4. The molecule has 0 aliphatic heterocycles. The van der Waals surface area contributed by atoms with E-state index in [1.165, 1.54) is 52.5 Å². The first-order valence-corrected chi connectivity index (χ1v) is 10.1. The summed E-state index contributed by atoms with van der Waals surface area (Å²) in [7, 11) is 6.91. The number of hydrogen-bond acceptors (Lipinski definition) is 9. The summed E-state index contributed by atoms with van der Waals surface area (Å²) < 4.78 is 20.9. The Labute approximate surface area is 193 Å². The van der Waals surface area contributed by atoms with E-state index in [4.69, 9.17) is 18.9 Å². The highest BCUT2D eigenvalue weighted by Crippen LogP contribution is 2.39. The van der Waals surface area contributed by atoms with Gasteiger partial charge in [-0.3, -0.25) is 19.2 Å². The predicted molar refractivity (Wildman–Crippen MR) is 118 cm³/mol. The van der Waals surface area contributed by atoms with Crippen molar-refractivity contribution < 1.29 is 38.1 Å². The lowest BCUT2D eigenvalue weighted by Crippen LogP contribution is -2.43. The molecule has 0 saturated heterocycles. The molecule has 1 aliphatic carbocycles. The zero-order valence-electron chi connectivity index (χ0n) is 20.2. The maximum Gasteiger partial charge on any atom is 0.326 e. The quantitative estimate of drug-likeness (QED) is 0.533. The number of fused-ring (bicyclic) bond motifs is 1. The van der Waals surface area contributed by atoms with E-state index in [9.17, 15) is 19.2 Å². The van der Waals surface area contributed by atoms with Gasteiger partial charge < -0.3 is 28.7 Å². The van der Waals surface area contributed by atoms with Gasteiger partial charge in [-0.1, -0.05) is 0 Å². The third kappa shape index (κ3) is 5.33. The minimum atomic E-state index is -0.740. The second-order valence-electron chi connectivity index (χ2n) is 8.40. The van der Waals surface area contributed by atoms with E-state index in [2.05, 4.69) is 0 Å². The number of ether oxygens (including phenoxy) is 4. The molecule has 0 aromatic heterocycles. The molecule has 0 atom stereocenters. The molecule has 1 amide bonds. The first kappa shape index (κ1) is 25.9. The van der Waals surface area contributed by atoms with E-state index in [0.717, 1.165) is 4.90 Å². The molecule has 180 valence electrons. The summed E-state index contributed by atoms with van der Waals surface area (Å²) in [6, 6.07) is 3.02. The normalized spacial score (nSPS) is 13.5. The number of rotatable bonds is 8.